The van der Waals surface area contributed by atoms with Crippen molar-refractivity contribution in [3.63, 3.8) is 0 Å². The lowest BCUT2D eigenvalue weighted by molar-refractivity contribution is 0.553. The molecular weight excluding hydrogens is 240 g/mol. The molecule has 1 rings (SSSR count). The van der Waals surface area contributed by atoms with E-state index in [0.717, 1.165) is 0 Å². The predicted molar refractivity (Wildman–Crippen MR) is 92.2 cm³/mol. The van der Waals surface area contributed by atoms with Crippen LogP contribution in [-0.4, -0.2) is 0 Å². The highest BCUT2D eigenvalue weighted by molar-refractivity contribution is 4.84. The molecule has 0 atom stereocenters. The van der Waals surface area contributed by atoms with Crippen LogP contribution in [0.15, 0.2) is 24.3 Å². The summed E-state index contributed by atoms with van der Waals surface area (Å²) in [5.74, 6) is 0. The number of allylic oxidation sites excluding steroid dienone is 4. The highest BCUT2D eigenvalue weighted by Gasteiger charge is 1.93. The van der Waals surface area contributed by atoms with Gasteiger partial charge in [-0.1, -0.05) is 75.7 Å². The molecule has 0 radical (unpaired) electrons. The lowest BCUT2D eigenvalue weighted by atomic mass is 10.0. The summed E-state index contributed by atoms with van der Waals surface area (Å²) in [5, 5.41) is 0. The van der Waals surface area contributed by atoms with E-state index in [1.807, 2.05) is 0 Å². The van der Waals surface area contributed by atoms with Crippen molar-refractivity contribution in [1.29, 1.82) is 0 Å². The molecule has 0 fully saturated rings. The molecule has 20 heavy (non-hydrogen) atoms. The van der Waals surface area contributed by atoms with Crippen LogP contribution < -0.4 is 0 Å². The molecule has 0 N–H and O–H groups in total. The molecule has 0 bridgehead atoms. The van der Waals surface area contributed by atoms with E-state index in [1.165, 1.54) is 103 Å². The van der Waals surface area contributed by atoms with Crippen LogP contribution in [0.5, 0.6) is 0 Å². The minimum absolute atomic E-state index is 1.29. The van der Waals surface area contributed by atoms with Gasteiger partial charge in [-0.15, -0.1) is 0 Å². The van der Waals surface area contributed by atoms with E-state index in [4.69, 9.17) is 0 Å². The average molecular weight is 277 g/mol. The largest absolute Gasteiger partial charge is 0.0885 e. The third-order valence-corrected chi connectivity index (χ3v) is 4.32. The van der Waals surface area contributed by atoms with Crippen molar-refractivity contribution in [1.82, 2.24) is 0 Å². The van der Waals surface area contributed by atoms with Gasteiger partial charge in [0.1, 0.15) is 0 Å². The lowest BCUT2D eigenvalue weighted by Gasteiger charge is -2.02. The van der Waals surface area contributed by atoms with Crippen LogP contribution in [0, 0.1) is 0 Å². The number of hydrogen-bond acceptors (Lipinski definition) is 0. The zero-order valence-corrected chi connectivity index (χ0v) is 13.6. The molecule has 0 spiro atoms. The van der Waals surface area contributed by atoms with E-state index in [1.54, 1.807) is 0 Å². The highest BCUT2D eigenvalue weighted by atomic mass is 14.0. The second-order valence-electron chi connectivity index (χ2n) is 6.34. The average Bonchev–Trinajstić information content (AvgIpc) is 2.46. The Morgan fingerprint density at radius 1 is 0.250 bits per heavy atom. The van der Waals surface area contributed by atoms with Gasteiger partial charge in [-0.05, 0) is 51.4 Å². The third kappa shape index (κ3) is 12.5. The van der Waals surface area contributed by atoms with Crippen LogP contribution in [0.3, 0.4) is 0 Å². The summed E-state index contributed by atoms with van der Waals surface area (Å²) in [7, 11) is 0. The summed E-state index contributed by atoms with van der Waals surface area (Å²) in [6.07, 6.45) is 32.0. The van der Waals surface area contributed by atoms with Crippen LogP contribution in [0.4, 0.5) is 0 Å². The quantitative estimate of drug-likeness (QED) is 0.405. The number of rotatable bonds is 0. The van der Waals surface area contributed by atoms with E-state index in [9.17, 15) is 0 Å². The molecule has 0 aromatic carbocycles. The minimum atomic E-state index is 1.29. The summed E-state index contributed by atoms with van der Waals surface area (Å²) < 4.78 is 0. The first-order chi connectivity index (χ1) is 10.0. The first kappa shape index (κ1) is 17.5. The molecule has 1 aliphatic rings. The fraction of sp³-hybridized carbons (Fsp3) is 0.800. The molecule has 116 valence electrons. The van der Waals surface area contributed by atoms with Crippen molar-refractivity contribution in [3.8, 4) is 0 Å². The van der Waals surface area contributed by atoms with Crippen LogP contribution in [0.2, 0.25) is 0 Å². The van der Waals surface area contributed by atoms with Crippen LogP contribution in [0.25, 0.3) is 0 Å². The van der Waals surface area contributed by atoms with E-state index in [0.29, 0.717) is 0 Å². The van der Waals surface area contributed by atoms with E-state index >= 15 is 0 Å². The van der Waals surface area contributed by atoms with Crippen LogP contribution in [-0.2, 0) is 0 Å². The Hall–Kier alpha value is -0.520. The Morgan fingerprint density at radius 3 is 0.750 bits per heavy atom. The molecule has 0 heteroatoms. The monoisotopic (exact) mass is 276 g/mol. The fourth-order valence-corrected chi connectivity index (χ4v) is 2.93. The zero-order valence-electron chi connectivity index (χ0n) is 13.6. The normalized spacial score (nSPS) is 25.6. The van der Waals surface area contributed by atoms with Crippen molar-refractivity contribution < 1.29 is 0 Å². The fourth-order valence-electron chi connectivity index (χ4n) is 2.93. The molecule has 0 nitrogen and oxygen atoms in total. The van der Waals surface area contributed by atoms with Crippen LogP contribution in [0.1, 0.15) is 103 Å². The van der Waals surface area contributed by atoms with Gasteiger partial charge in [0.05, 0.1) is 0 Å². The molecule has 0 aromatic rings. The maximum atomic E-state index is 2.41. The van der Waals surface area contributed by atoms with Crippen molar-refractivity contribution >= 4 is 0 Å². The Bertz CT molecular complexity index is 210. The Morgan fingerprint density at radius 2 is 0.450 bits per heavy atom. The molecule has 1 aliphatic carbocycles. The first-order valence-corrected chi connectivity index (χ1v) is 9.30. The van der Waals surface area contributed by atoms with Gasteiger partial charge in [-0.25, -0.2) is 0 Å². The number of hydrogen-bond donors (Lipinski definition) is 0. The third-order valence-electron chi connectivity index (χ3n) is 4.32. The Kier molecular flexibility index (Phi) is 13.0. The van der Waals surface area contributed by atoms with Crippen molar-refractivity contribution in [2.24, 2.45) is 0 Å². The van der Waals surface area contributed by atoms with Crippen molar-refractivity contribution in [3.05, 3.63) is 24.3 Å². The molecule has 0 saturated heterocycles. The smallest absolute Gasteiger partial charge is 0.0351 e. The lowest BCUT2D eigenvalue weighted by Crippen LogP contribution is -1.82. The summed E-state index contributed by atoms with van der Waals surface area (Å²) in [6, 6.07) is 0. The van der Waals surface area contributed by atoms with Crippen molar-refractivity contribution in [2.45, 2.75) is 103 Å². The second-order valence-corrected chi connectivity index (χ2v) is 6.34. The van der Waals surface area contributed by atoms with Gasteiger partial charge in [-0.3, -0.25) is 0 Å². The molecule has 0 aromatic heterocycles. The van der Waals surface area contributed by atoms with Gasteiger partial charge in [0.25, 0.3) is 0 Å². The first-order valence-electron chi connectivity index (χ1n) is 9.30. The van der Waals surface area contributed by atoms with Gasteiger partial charge in [0, 0.05) is 0 Å². The Balaban J connectivity index is 2.11. The molecule has 0 heterocycles. The van der Waals surface area contributed by atoms with Gasteiger partial charge in [-0.2, -0.15) is 0 Å². The van der Waals surface area contributed by atoms with E-state index < -0.39 is 0 Å². The summed E-state index contributed by atoms with van der Waals surface area (Å²) in [6.45, 7) is 0. The van der Waals surface area contributed by atoms with Gasteiger partial charge >= 0.3 is 0 Å². The van der Waals surface area contributed by atoms with E-state index in [2.05, 4.69) is 24.3 Å². The van der Waals surface area contributed by atoms with Crippen molar-refractivity contribution in [2.75, 3.05) is 0 Å². The summed E-state index contributed by atoms with van der Waals surface area (Å²) in [5.41, 5.74) is 0. The topological polar surface area (TPSA) is 0 Å². The molecule has 0 amide bonds. The Labute approximate surface area is 127 Å². The maximum absolute atomic E-state index is 2.41. The molecular formula is C20H36. The van der Waals surface area contributed by atoms with Gasteiger partial charge in [0.15, 0.2) is 0 Å². The predicted octanol–water partition coefficient (Wildman–Crippen LogP) is 7.35. The zero-order chi connectivity index (χ0) is 14.1. The summed E-state index contributed by atoms with van der Waals surface area (Å²) >= 11 is 0. The highest BCUT2D eigenvalue weighted by Crippen LogP contribution is 2.13. The standard InChI is InChI=1S/C20H36/c1-2-4-6-8-10-12-14-16-18-20-19-17-15-13-11-9-7-5-3-1/h1-2,11,13H,3-10,12,14-20H2/b2-1+,13-11+. The minimum Gasteiger partial charge on any atom is -0.0885 e. The maximum Gasteiger partial charge on any atom is -0.0351 e. The van der Waals surface area contributed by atoms with Crippen LogP contribution >= 0.6 is 0 Å². The van der Waals surface area contributed by atoms with Gasteiger partial charge < -0.3 is 0 Å². The molecule has 0 saturated carbocycles. The molecule has 0 aliphatic heterocycles. The van der Waals surface area contributed by atoms with Gasteiger partial charge in [0.2, 0.25) is 0 Å². The summed E-state index contributed by atoms with van der Waals surface area (Å²) in [4.78, 5) is 0. The molecule has 0 unspecified atom stereocenters. The van der Waals surface area contributed by atoms with E-state index in [-0.39, 0.29) is 0 Å². The second kappa shape index (κ2) is 14.9. The SMILES string of the molecule is C1=C/CCCCCCCCCCCC/C=C/CCCC/1.